The molecule has 0 radical (unpaired) electrons. The van der Waals surface area contributed by atoms with Crippen molar-refractivity contribution in [2.75, 3.05) is 45.2 Å². The van der Waals surface area contributed by atoms with E-state index in [1.807, 2.05) is 36.1 Å². The van der Waals surface area contributed by atoms with Gasteiger partial charge in [0, 0.05) is 61.8 Å². The molecule has 3 aromatic rings. The first kappa shape index (κ1) is 26.2. The van der Waals surface area contributed by atoms with Crippen molar-refractivity contribution in [3.8, 4) is 5.75 Å². The Kier molecular flexibility index (Phi) is 7.95. The molecule has 9 heteroatoms. The number of hydrogen-bond donors (Lipinski definition) is 1. The fourth-order valence-electron chi connectivity index (χ4n) is 5.46. The summed E-state index contributed by atoms with van der Waals surface area (Å²) in [4.78, 5) is 33.4. The molecule has 5 rings (SSSR count). The van der Waals surface area contributed by atoms with Crippen molar-refractivity contribution in [2.45, 2.75) is 31.8 Å². The maximum Gasteiger partial charge on any atom is 0.322 e. The van der Waals surface area contributed by atoms with Crippen LogP contribution in [0.1, 0.15) is 35.4 Å². The van der Waals surface area contributed by atoms with Crippen molar-refractivity contribution in [1.82, 2.24) is 14.7 Å². The third-order valence-corrected chi connectivity index (χ3v) is 8.40. The first-order valence-corrected chi connectivity index (χ1v) is 13.9. The number of piperazine rings is 1. The highest BCUT2D eigenvalue weighted by Gasteiger charge is 2.32. The Morgan fingerprint density at radius 1 is 1.11 bits per heavy atom. The number of amides is 3. The quantitative estimate of drug-likeness (QED) is 0.482. The molecule has 7 nitrogen and oxygen atoms in total. The lowest BCUT2D eigenvalue weighted by atomic mass is 9.93. The van der Waals surface area contributed by atoms with Gasteiger partial charge in [0.2, 0.25) is 5.91 Å². The van der Waals surface area contributed by atoms with E-state index in [1.165, 1.54) is 16.5 Å². The maximum absolute atomic E-state index is 14.1. The Labute approximate surface area is 226 Å². The van der Waals surface area contributed by atoms with Crippen molar-refractivity contribution in [2.24, 2.45) is 0 Å². The third-order valence-electron chi connectivity index (χ3n) is 7.41. The lowest BCUT2D eigenvalue weighted by Gasteiger charge is -2.40. The van der Waals surface area contributed by atoms with Crippen LogP contribution in [0.3, 0.4) is 0 Å². The zero-order valence-electron chi connectivity index (χ0n) is 21.7. The SMILES string of the molecule is COc1cccc(NC(=O)N2CCN(C(=O)CCN3CCc4sccc4[C@H]3c3cccc(F)c3)C[C@@H]2C)c1. The van der Waals surface area contributed by atoms with Gasteiger partial charge in [0.1, 0.15) is 11.6 Å². The van der Waals surface area contributed by atoms with Crippen molar-refractivity contribution in [3.63, 3.8) is 0 Å². The number of fused-ring (bicyclic) bond motifs is 1. The van der Waals surface area contributed by atoms with Crippen LogP contribution in [0.5, 0.6) is 5.75 Å². The maximum atomic E-state index is 14.1. The largest absolute Gasteiger partial charge is 0.497 e. The minimum absolute atomic E-state index is 0.0513. The molecule has 0 spiro atoms. The number of nitrogens with zero attached hydrogens (tertiary/aromatic N) is 3. The normalized spacial score (nSPS) is 19.7. The molecule has 2 aliphatic heterocycles. The molecule has 2 aromatic carbocycles. The van der Waals surface area contributed by atoms with Gasteiger partial charge < -0.3 is 19.9 Å². The number of carbonyl (C=O) groups is 2. The molecule has 0 saturated carbocycles. The second-order valence-corrected chi connectivity index (χ2v) is 10.8. The van der Waals surface area contributed by atoms with Gasteiger partial charge in [-0.2, -0.15) is 0 Å². The van der Waals surface area contributed by atoms with E-state index in [2.05, 4.69) is 21.7 Å². The average Bonchev–Trinajstić information content (AvgIpc) is 3.40. The molecular formula is C29H33FN4O3S. The van der Waals surface area contributed by atoms with E-state index in [1.54, 1.807) is 41.5 Å². The van der Waals surface area contributed by atoms with Gasteiger partial charge in [-0.25, -0.2) is 9.18 Å². The number of rotatable bonds is 6. The first-order chi connectivity index (χ1) is 18.4. The highest BCUT2D eigenvalue weighted by molar-refractivity contribution is 7.10. The molecule has 0 aliphatic carbocycles. The van der Waals surface area contributed by atoms with Gasteiger partial charge in [-0.05, 0) is 60.2 Å². The number of carbonyl (C=O) groups excluding carboxylic acids is 2. The number of halogens is 1. The second-order valence-electron chi connectivity index (χ2n) is 9.84. The van der Waals surface area contributed by atoms with Crippen LogP contribution in [-0.4, -0.2) is 72.5 Å². The summed E-state index contributed by atoms with van der Waals surface area (Å²) in [5.74, 6) is 0.511. The van der Waals surface area contributed by atoms with E-state index < -0.39 is 0 Å². The molecule has 38 heavy (non-hydrogen) atoms. The standard InChI is InChI=1S/C29H33FN4O3S/c1-20-19-33(14-15-34(20)29(36)31-23-7-4-8-24(18-23)37-2)27(35)10-13-32-12-9-26-25(11-16-38-26)28(32)21-5-3-6-22(30)17-21/h3-8,11,16-18,20,28H,9-10,12-15,19H2,1-2H3,(H,31,36)/t20-,28+/m0/s1. The minimum atomic E-state index is -0.247. The number of anilines is 1. The van der Waals surface area contributed by atoms with Crippen LogP contribution in [0.25, 0.3) is 0 Å². The number of methoxy groups -OCH3 is 1. The fraction of sp³-hybridized carbons (Fsp3) is 0.379. The summed E-state index contributed by atoms with van der Waals surface area (Å²) >= 11 is 1.74. The second kappa shape index (κ2) is 11.5. The van der Waals surface area contributed by atoms with Gasteiger partial charge in [-0.3, -0.25) is 9.69 Å². The predicted molar refractivity (Wildman–Crippen MR) is 147 cm³/mol. The molecule has 1 saturated heterocycles. The van der Waals surface area contributed by atoms with Crippen LogP contribution in [-0.2, 0) is 11.2 Å². The van der Waals surface area contributed by atoms with Gasteiger partial charge in [0.05, 0.1) is 13.2 Å². The topological polar surface area (TPSA) is 65.1 Å². The number of ether oxygens (including phenoxy) is 1. The highest BCUT2D eigenvalue weighted by atomic mass is 32.1. The summed E-state index contributed by atoms with van der Waals surface area (Å²) in [6.45, 7) is 4.85. The van der Waals surface area contributed by atoms with Crippen LogP contribution >= 0.6 is 11.3 Å². The lowest BCUT2D eigenvalue weighted by Crippen LogP contribution is -2.56. The Hall–Kier alpha value is -3.43. The van der Waals surface area contributed by atoms with E-state index in [9.17, 15) is 14.0 Å². The summed E-state index contributed by atoms with van der Waals surface area (Å²) in [5.41, 5.74) is 2.80. The number of hydrogen-bond acceptors (Lipinski definition) is 5. The molecule has 0 unspecified atom stereocenters. The molecule has 1 aromatic heterocycles. The average molecular weight is 537 g/mol. The van der Waals surface area contributed by atoms with Gasteiger partial charge in [-0.1, -0.05) is 18.2 Å². The van der Waals surface area contributed by atoms with Crippen molar-refractivity contribution in [1.29, 1.82) is 0 Å². The summed E-state index contributed by atoms with van der Waals surface area (Å²) in [5, 5.41) is 5.02. The molecular weight excluding hydrogens is 503 g/mol. The van der Waals surface area contributed by atoms with E-state index in [-0.39, 0.29) is 29.8 Å². The molecule has 3 amide bonds. The molecule has 1 fully saturated rings. The van der Waals surface area contributed by atoms with Crippen LogP contribution < -0.4 is 10.1 Å². The van der Waals surface area contributed by atoms with Crippen LogP contribution in [0.2, 0.25) is 0 Å². The van der Waals surface area contributed by atoms with Gasteiger partial charge in [0.15, 0.2) is 0 Å². The van der Waals surface area contributed by atoms with Gasteiger partial charge in [0.25, 0.3) is 0 Å². The molecule has 2 atom stereocenters. The summed E-state index contributed by atoms with van der Waals surface area (Å²) in [6, 6.07) is 15.8. The number of benzene rings is 2. The number of thiophene rings is 1. The summed E-state index contributed by atoms with van der Waals surface area (Å²) in [6.07, 6.45) is 1.32. The lowest BCUT2D eigenvalue weighted by molar-refractivity contribution is -0.134. The highest BCUT2D eigenvalue weighted by Crippen LogP contribution is 2.38. The van der Waals surface area contributed by atoms with Crippen molar-refractivity contribution < 1.29 is 18.7 Å². The molecule has 2 aliphatic rings. The molecule has 200 valence electrons. The summed E-state index contributed by atoms with van der Waals surface area (Å²) in [7, 11) is 1.59. The van der Waals surface area contributed by atoms with Crippen molar-refractivity contribution in [3.05, 3.63) is 81.8 Å². The smallest absolute Gasteiger partial charge is 0.322 e. The summed E-state index contributed by atoms with van der Waals surface area (Å²) < 4.78 is 19.3. The third kappa shape index (κ3) is 5.68. The zero-order chi connectivity index (χ0) is 26.6. The fourth-order valence-corrected chi connectivity index (χ4v) is 6.36. The molecule has 3 heterocycles. The zero-order valence-corrected chi connectivity index (χ0v) is 22.5. The Bertz CT molecular complexity index is 1300. The monoisotopic (exact) mass is 536 g/mol. The van der Waals surface area contributed by atoms with E-state index >= 15 is 0 Å². The minimum Gasteiger partial charge on any atom is -0.497 e. The van der Waals surface area contributed by atoms with E-state index in [0.717, 1.165) is 18.5 Å². The van der Waals surface area contributed by atoms with E-state index in [4.69, 9.17) is 4.74 Å². The van der Waals surface area contributed by atoms with Crippen LogP contribution in [0.4, 0.5) is 14.9 Å². The van der Waals surface area contributed by atoms with E-state index in [0.29, 0.717) is 44.0 Å². The predicted octanol–water partition coefficient (Wildman–Crippen LogP) is 5.00. The van der Waals surface area contributed by atoms with Gasteiger partial charge >= 0.3 is 6.03 Å². The Balaban J connectivity index is 1.18. The van der Waals surface area contributed by atoms with Gasteiger partial charge in [-0.15, -0.1) is 11.3 Å². The Morgan fingerprint density at radius 2 is 1.95 bits per heavy atom. The molecule has 1 N–H and O–H groups in total. The van der Waals surface area contributed by atoms with Crippen LogP contribution in [0.15, 0.2) is 60.0 Å². The molecule has 0 bridgehead atoms. The van der Waals surface area contributed by atoms with Crippen molar-refractivity contribution >= 4 is 29.0 Å². The van der Waals surface area contributed by atoms with Crippen LogP contribution in [0, 0.1) is 5.82 Å². The number of nitrogens with one attached hydrogen (secondary N) is 1. The number of urea groups is 1. The first-order valence-electron chi connectivity index (χ1n) is 13.0. The Morgan fingerprint density at radius 3 is 2.74 bits per heavy atom.